The van der Waals surface area contributed by atoms with Crippen molar-refractivity contribution in [3.05, 3.63) is 29.1 Å². The number of carboxylic acids is 1. The summed E-state index contributed by atoms with van der Waals surface area (Å²) in [7, 11) is 0. The number of carbonyl (C=O) groups is 1. The van der Waals surface area contributed by atoms with Crippen LogP contribution >= 0.6 is 0 Å². The fourth-order valence-electron chi connectivity index (χ4n) is 1.20. The molecule has 0 aliphatic carbocycles. The highest BCUT2D eigenvalue weighted by atomic mass is 19.1. The predicted octanol–water partition coefficient (Wildman–Crippen LogP) is 0.924. The van der Waals surface area contributed by atoms with Gasteiger partial charge in [-0.05, 0) is 24.6 Å². The van der Waals surface area contributed by atoms with Gasteiger partial charge in [-0.3, -0.25) is 4.79 Å². The quantitative estimate of drug-likeness (QED) is 0.661. The average molecular weight is 199 g/mol. The minimum Gasteiger partial charge on any atom is -0.508 e. The molecule has 0 unspecified atom stereocenters. The third-order valence-corrected chi connectivity index (χ3v) is 2.00. The summed E-state index contributed by atoms with van der Waals surface area (Å²) in [6, 6.07) is 0.731. The molecule has 0 bridgehead atoms. The van der Waals surface area contributed by atoms with Crippen molar-refractivity contribution in [2.24, 2.45) is 5.73 Å². The molecule has 0 aliphatic heterocycles. The minimum absolute atomic E-state index is 0.0555. The maximum Gasteiger partial charge on any atom is 0.325 e. The Kier molecular flexibility index (Phi) is 2.71. The zero-order valence-electron chi connectivity index (χ0n) is 7.49. The lowest BCUT2D eigenvalue weighted by molar-refractivity contribution is -0.138. The summed E-state index contributed by atoms with van der Waals surface area (Å²) in [5, 5.41) is 17.9. The van der Waals surface area contributed by atoms with Crippen molar-refractivity contribution in [2.75, 3.05) is 0 Å². The first-order valence-corrected chi connectivity index (χ1v) is 3.91. The van der Waals surface area contributed by atoms with Gasteiger partial charge in [0.1, 0.15) is 17.6 Å². The van der Waals surface area contributed by atoms with E-state index in [9.17, 15) is 14.3 Å². The summed E-state index contributed by atoms with van der Waals surface area (Å²) in [5.41, 5.74) is 5.25. The number of phenols is 1. The van der Waals surface area contributed by atoms with Crippen molar-refractivity contribution >= 4 is 5.97 Å². The molecule has 0 aliphatic rings. The maximum atomic E-state index is 13.0. The molecule has 0 aromatic heterocycles. The number of aliphatic carboxylic acids is 1. The molecule has 4 nitrogen and oxygen atoms in total. The summed E-state index contributed by atoms with van der Waals surface area (Å²) in [5.74, 6) is -2.21. The third kappa shape index (κ3) is 1.67. The predicted molar refractivity (Wildman–Crippen MR) is 47.4 cm³/mol. The Labute approximate surface area is 79.8 Å². The van der Waals surface area contributed by atoms with E-state index in [1.807, 2.05) is 0 Å². The van der Waals surface area contributed by atoms with Crippen molar-refractivity contribution in [1.82, 2.24) is 0 Å². The van der Waals surface area contributed by atoms with Crippen molar-refractivity contribution in [3.63, 3.8) is 0 Å². The summed E-state index contributed by atoms with van der Waals surface area (Å²) >= 11 is 0. The van der Waals surface area contributed by atoms with Crippen LogP contribution in [0.2, 0.25) is 0 Å². The Balaban J connectivity index is 3.32. The SMILES string of the molecule is Cc1c(F)ccc(O)c1[C@@H](N)C(=O)O. The average Bonchev–Trinajstić information content (AvgIpc) is 2.12. The number of benzene rings is 1. The van der Waals surface area contributed by atoms with E-state index in [4.69, 9.17) is 10.8 Å². The number of hydrogen-bond acceptors (Lipinski definition) is 3. The van der Waals surface area contributed by atoms with Gasteiger partial charge in [0.15, 0.2) is 0 Å². The fourth-order valence-corrected chi connectivity index (χ4v) is 1.20. The summed E-state index contributed by atoms with van der Waals surface area (Å²) in [6.07, 6.45) is 0. The van der Waals surface area contributed by atoms with Gasteiger partial charge < -0.3 is 15.9 Å². The topological polar surface area (TPSA) is 83.5 Å². The molecular weight excluding hydrogens is 189 g/mol. The summed E-state index contributed by atoms with van der Waals surface area (Å²) < 4.78 is 13.0. The summed E-state index contributed by atoms with van der Waals surface area (Å²) in [6.45, 7) is 1.37. The third-order valence-electron chi connectivity index (χ3n) is 2.00. The highest BCUT2D eigenvalue weighted by Gasteiger charge is 2.21. The molecule has 14 heavy (non-hydrogen) atoms. The number of rotatable bonds is 2. The number of phenolic OH excluding ortho intramolecular Hbond substituents is 1. The normalized spacial score (nSPS) is 12.5. The van der Waals surface area contributed by atoms with Crippen molar-refractivity contribution in [1.29, 1.82) is 0 Å². The van der Waals surface area contributed by atoms with Gasteiger partial charge in [-0.2, -0.15) is 0 Å². The van der Waals surface area contributed by atoms with Gasteiger partial charge in [-0.1, -0.05) is 0 Å². The Morgan fingerprint density at radius 1 is 1.57 bits per heavy atom. The van der Waals surface area contributed by atoms with E-state index in [0.717, 1.165) is 12.1 Å². The molecular formula is C9H10FNO3. The van der Waals surface area contributed by atoms with E-state index >= 15 is 0 Å². The standard InChI is InChI=1S/C9H10FNO3/c1-4-5(10)2-3-6(12)7(4)8(11)9(13)14/h2-3,8,12H,11H2,1H3,(H,13,14)/t8-/m1/s1. The number of hydrogen-bond donors (Lipinski definition) is 3. The van der Waals surface area contributed by atoms with Crippen LogP contribution in [0.15, 0.2) is 12.1 Å². The van der Waals surface area contributed by atoms with Crippen LogP contribution in [0.5, 0.6) is 5.75 Å². The van der Waals surface area contributed by atoms with Crippen LogP contribution in [0.3, 0.4) is 0 Å². The number of aromatic hydroxyl groups is 1. The van der Waals surface area contributed by atoms with Crippen LogP contribution in [-0.2, 0) is 4.79 Å². The van der Waals surface area contributed by atoms with E-state index in [2.05, 4.69) is 0 Å². The van der Waals surface area contributed by atoms with Gasteiger partial charge in [0.05, 0.1) is 0 Å². The van der Waals surface area contributed by atoms with E-state index in [-0.39, 0.29) is 16.9 Å². The number of halogens is 1. The molecule has 1 aromatic carbocycles. The molecule has 76 valence electrons. The molecule has 1 atom stereocenters. The van der Waals surface area contributed by atoms with Crippen LogP contribution in [0.4, 0.5) is 4.39 Å². The van der Waals surface area contributed by atoms with E-state index < -0.39 is 17.8 Å². The summed E-state index contributed by atoms with van der Waals surface area (Å²) in [4.78, 5) is 10.6. The molecule has 0 saturated heterocycles. The molecule has 5 heteroatoms. The Morgan fingerprint density at radius 2 is 2.14 bits per heavy atom. The monoisotopic (exact) mass is 199 g/mol. The van der Waals surface area contributed by atoms with Crippen molar-refractivity contribution in [2.45, 2.75) is 13.0 Å². The molecule has 0 fully saturated rings. The number of carboxylic acid groups (broad SMARTS) is 1. The molecule has 0 radical (unpaired) electrons. The minimum atomic E-state index is -1.41. The first kappa shape index (κ1) is 10.5. The van der Waals surface area contributed by atoms with Crippen LogP contribution in [0, 0.1) is 12.7 Å². The Bertz CT molecular complexity index is 379. The lowest BCUT2D eigenvalue weighted by atomic mass is 10.0. The number of nitrogens with two attached hydrogens (primary N) is 1. The largest absolute Gasteiger partial charge is 0.508 e. The van der Waals surface area contributed by atoms with Gasteiger partial charge in [-0.15, -0.1) is 0 Å². The maximum absolute atomic E-state index is 13.0. The van der Waals surface area contributed by atoms with Gasteiger partial charge in [0, 0.05) is 5.56 Å². The molecule has 4 N–H and O–H groups in total. The van der Waals surface area contributed by atoms with Gasteiger partial charge >= 0.3 is 5.97 Å². The van der Waals surface area contributed by atoms with Crippen LogP contribution in [0.1, 0.15) is 17.2 Å². The first-order chi connectivity index (χ1) is 6.45. The van der Waals surface area contributed by atoms with Gasteiger partial charge in [-0.25, -0.2) is 4.39 Å². The van der Waals surface area contributed by atoms with E-state index in [1.165, 1.54) is 6.92 Å². The molecule has 0 spiro atoms. The van der Waals surface area contributed by atoms with Crippen molar-refractivity contribution < 1.29 is 19.4 Å². The zero-order chi connectivity index (χ0) is 10.9. The second kappa shape index (κ2) is 3.63. The Hall–Kier alpha value is -1.62. The fraction of sp³-hybridized carbons (Fsp3) is 0.222. The zero-order valence-corrected chi connectivity index (χ0v) is 7.49. The highest BCUT2D eigenvalue weighted by molar-refractivity contribution is 5.77. The van der Waals surface area contributed by atoms with Crippen molar-refractivity contribution in [3.8, 4) is 5.75 Å². The molecule has 1 rings (SSSR count). The van der Waals surface area contributed by atoms with Crippen LogP contribution < -0.4 is 5.73 Å². The molecule has 0 heterocycles. The van der Waals surface area contributed by atoms with Gasteiger partial charge in [0.25, 0.3) is 0 Å². The van der Waals surface area contributed by atoms with Gasteiger partial charge in [0.2, 0.25) is 0 Å². The first-order valence-electron chi connectivity index (χ1n) is 3.91. The highest BCUT2D eigenvalue weighted by Crippen LogP contribution is 2.28. The van der Waals surface area contributed by atoms with E-state index in [0.29, 0.717) is 0 Å². The smallest absolute Gasteiger partial charge is 0.325 e. The second-order valence-corrected chi connectivity index (χ2v) is 2.92. The molecule has 1 aromatic rings. The Morgan fingerprint density at radius 3 is 2.64 bits per heavy atom. The second-order valence-electron chi connectivity index (χ2n) is 2.92. The van der Waals surface area contributed by atoms with Crippen LogP contribution in [-0.4, -0.2) is 16.2 Å². The van der Waals surface area contributed by atoms with Crippen LogP contribution in [0.25, 0.3) is 0 Å². The van der Waals surface area contributed by atoms with E-state index in [1.54, 1.807) is 0 Å². The molecule has 0 saturated carbocycles. The lowest BCUT2D eigenvalue weighted by Gasteiger charge is -2.12. The molecule has 0 amide bonds. The lowest BCUT2D eigenvalue weighted by Crippen LogP contribution is -2.22.